The van der Waals surface area contributed by atoms with Gasteiger partial charge in [0.25, 0.3) is 0 Å². The number of carbonyl (C=O) groups is 2. The third-order valence-corrected chi connectivity index (χ3v) is 3.90. The molecule has 0 radical (unpaired) electrons. The van der Waals surface area contributed by atoms with E-state index in [9.17, 15) is 9.59 Å². The van der Waals surface area contributed by atoms with Gasteiger partial charge in [-0.15, -0.1) is 11.3 Å². The number of rotatable bonds is 4. The van der Waals surface area contributed by atoms with Crippen molar-refractivity contribution in [2.45, 2.75) is 25.7 Å². The standard InChI is InChI=1S/C12H15NO3S/c1-16-12(15)11-9(5-6-17-11)13-10(14)7-8-3-2-4-8/h5-6,8H,2-4,7H2,1H3,(H,13,14). The van der Waals surface area contributed by atoms with E-state index in [2.05, 4.69) is 10.1 Å². The van der Waals surface area contributed by atoms with Gasteiger partial charge in [0.15, 0.2) is 0 Å². The van der Waals surface area contributed by atoms with Crippen LogP contribution in [0.25, 0.3) is 0 Å². The van der Waals surface area contributed by atoms with E-state index in [-0.39, 0.29) is 5.91 Å². The predicted molar refractivity (Wildman–Crippen MR) is 66.2 cm³/mol. The molecule has 0 bridgehead atoms. The first-order valence-electron chi connectivity index (χ1n) is 5.66. The minimum Gasteiger partial charge on any atom is -0.465 e. The van der Waals surface area contributed by atoms with Crippen molar-refractivity contribution >= 4 is 28.9 Å². The Balaban J connectivity index is 1.95. The summed E-state index contributed by atoms with van der Waals surface area (Å²) in [5, 5.41) is 4.54. The van der Waals surface area contributed by atoms with Crippen LogP contribution in [0.1, 0.15) is 35.4 Å². The summed E-state index contributed by atoms with van der Waals surface area (Å²) in [7, 11) is 1.34. The number of esters is 1. The van der Waals surface area contributed by atoms with E-state index in [1.54, 1.807) is 11.4 Å². The lowest BCUT2D eigenvalue weighted by Crippen LogP contribution is -2.21. The maximum Gasteiger partial charge on any atom is 0.350 e. The van der Waals surface area contributed by atoms with Crippen LogP contribution in [-0.2, 0) is 9.53 Å². The Hall–Kier alpha value is -1.36. The molecule has 1 aliphatic carbocycles. The van der Waals surface area contributed by atoms with Crippen molar-refractivity contribution in [3.05, 3.63) is 16.3 Å². The molecule has 4 nitrogen and oxygen atoms in total. The molecule has 92 valence electrons. The second-order valence-electron chi connectivity index (χ2n) is 4.20. The van der Waals surface area contributed by atoms with Gasteiger partial charge in [0.2, 0.25) is 5.91 Å². The van der Waals surface area contributed by atoms with Crippen LogP contribution in [0.2, 0.25) is 0 Å². The van der Waals surface area contributed by atoms with Crippen LogP contribution in [0.4, 0.5) is 5.69 Å². The quantitative estimate of drug-likeness (QED) is 0.839. The van der Waals surface area contributed by atoms with E-state index in [1.165, 1.54) is 24.9 Å². The smallest absolute Gasteiger partial charge is 0.350 e. The monoisotopic (exact) mass is 253 g/mol. The van der Waals surface area contributed by atoms with Gasteiger partial charge >= 0.3 is 5.97 Å². The summed E-state index contributed by atoms with van der Waals surface area (Å²) in [6.45, 7) is 0. The zero-order valence-electron chi connectivity index (χ0n) is 9.69. The molecule has 0 aromatic carbocycles. The molecule has 1 aliphatic rings. The normalized spacial score (nSPS) is 15.1. The zero-order valence-corrected chi connectivity index (χ0v) is 10.5. The number of ether oxygens (including phenoxy) is 1. The van der Waals surface area contributed by atoms with Gasteiger partial charge in [-0.1, -0.05) is 6.42 Å². The lowest BCUT2D eigenvalue weighted by molar-refractivity contribution is -0.117. The molecular formula is C12H15NO3S. The van der Waals surface area contributed by atoms with E-state index in [4.69, 9.17) is 0 Å². The zero-order chi connectivity index (χ0) is 12.3. The maximum atomic E-state index is 11.7. The van der Waals surface area contributed by atoms with Crippen molar-refractivity contribution in [1.29, 1.82) is 0 Å². The summed E-state index contributed by atoms with van der Waals surface area (Å²) >= 11 is 1.27. The Morgan fingerprint density at radius 1 is 1.53 bits per heavy atom. The van der Waals surface area contributed by atoms with Crippen molar-refractivity contribution < 1.29 is 14.3 Å². The van der Waals surface area contributed by atoms with Gasteiger partial charge in [-0.2, -0.15) is 0 Å². The van der Waals surface area contributed by atoms with Crippen LogP contribution in [0, 0.1) is 5.92 Å². The molecule has 1 N–H and O–H groups in total. The van der Waals surface area contributed by atoms with Crippen LogP contribution in [0.15, 0.2) is 11.4 Å². The number of nitrogens with one attached hydrogen (secondary N) is 1. The molecule has 1 saturated carbocycles. The Morgan fingerprint density at radius 2 is 2.29 bits per heavy atom. The van der Waals surface area contributed by atoms with Crippen molar-refractivity contribution in [3.63, 3.8) is 0 Å². The number of anilines is 1. The molecule has 1 aromatic heterocycles. The SMILES string of the molecule is COC(=O)c1sccc1NC(=O)CC1CCC1. The molecule has 2 rings (SSSR count). The summed E-state index contributed by atoms with van der Waals surface area (Å²) < 4.78 is 4.65. The van der Waals surface area contributed by atoms with Gasteiger partial charge in [0.1, 0.15) is 4.88 Å². The van der Waals surface area contributed by atoms with Crippen LogP contribution in [-0.4, -0.2) is 19.0 Å². The molecule has 1 fully saturated rings. The summed E-state index contributed by atoms with van der Waals surface area (Å²) in [5.41, 5.74) is 0.561. The molecule has 0 aliphatic heterocycles. The highest BCUT2D eigenvalue weighted by Gasteiger charge is 2.22. The first kappa shape index (κ1) is 12.1. The highest BCUT2D eigenvalue weighted by Crippen LogP contribution is 2.30. The fourth-order valence-corrected chi connectivity index (χ4v) is 2.58. The molecule has 5 heteroatoms. The Bertz CT molecular complexity index is 423. The average Bonchev–Trinajstić information content (AvgIpc) is 2.70. The van der Waals surface area contributed by atoms with Gasteiger partial charge in [0.05, 0.1) is 12.8 Å². The number of hydrogen-bond acceptors (Lipinski definition) is 4. The lowest BCUT2D eigenvalue weighted by atomic mass is 9.83. The van der Waals surface area contributed by atoms with Gasteiger partial charge in [0, 0.05) is 6.42 Å². The summed E-state index contributed by atoms with van der Waals surface area (Å²) in [6.07, 6.45) is 4.06. The van der Waals surface area contributed by atoms with Crippen LogP contribution in [0.5, 0.6) is 0 Å². The molecule has 0 unspecified atom stereocenters. The number of hydrogen-bond donors (Lipinski definition) is 1. The van der Waals surface area contributed by atoms with E-state index < -0.39 is 5.97 Å². The van der Waals surface area contributed by atoms with Crippen LogP contribution < -0.4 is 5.32 Å². The average molecular weight is 253 g/mol. The van der Waals surface area contributed by atoms with Gasteiger partial charge in [-0.05, 0) is 30.2 Å². The molecule has 0 spiro atoms. The van der Waals surface area contributed by atoms with Crippen LogP contribution >= 0.6 is 11.3 Å². The van der Waals surface area contributed by atoms with Crippen molar-refractivity contribution in [3.8, 4) is 0 Å². The first-order chi connectivity index (χ1) is 8.20. The van der Waals surface area contributed by atoms with E-state index >= 15 is 0 Å². The van der Waals surface area contributed by atoms with E-state index in [0.29, 0.717) is 22.9 Å². The summed E-state index contributed by atoms with van der Waals surface area (Å²) in [6, 6.07) is 1.73. The Morgan fingerprint density at radius 3 is 2.88 bits per heavy atom. The van der Waals surface area contributed by atoms with E-state index in [0.717, 1.165) is 12.8 Å². The van der Waals surface area contributed by atoms with Gasteiger partial charge < -0.3 is 10.1 Å². The molecule has 0 saturated heterocycles. The van der Waals surface area contributed by atoms with Crippen LogP contribution in [0.3, 0.4) is 0 Å². The summed E-state index contributed by atoms with van der Waals surface area (Å²) in [4.78, 5) is 23.6. The third-order valence-electron chi connectivity index (χ3n) is 3.01. The molecular weight excluding hydrogens is 238 g/mol. The minimum atomic E-state index is -0.404. The van der Waals surface area contributed by atoms with Crippen molar-refractivity contribution in [2.75, 3.05) is 12.4 Å². The highest BCUT2D eigenvalue weighted by molar-refractivity contribution is 7.12. The fourth-order valence-electron chi connectivity index (χ4n) is 1.82. The predicted octanol–water partition coefficient (Wildman–Crippen LogP) is 2.66. The third kappa shape index (κ3) is 2.85. The lowest BCUT2D eigenvalue weighted by Gasteiger charge is -2.24. The largest absolute Gasteiger partial charge is 0.465 e. The van der Waals surface area contributed by atoms with Gasteiger partial charge in [-0.25, -0.2) is 4.79 Å². The van der Waals surface area contributed by atoms with Crippen molar-refractivity contribution in [1.82, 2.24) is 0 Å². The Kier molecular flexibility index (Phi) is 3.78. The van der Waals surface area contributed by atoms with Gasteiger partial charge in [-0.3, -0.25) is 4.79 Å². The molecule has 1 aromatic rings. The minimum absolute atomic E-state index is 0.0155. The van der Waals surface area contributed by atoms with E-state index in [1.807, 2.05) is 0 Å². The number of carbonyl (C=O) groups excluding carboxylic acids is 2. The molecule has 1 amide bonds. The maximum absolute atomic E-state index is 11.7. The number of thiophene rings is 1. The topological polar surface area (TPSA) is 55.4 Å². The molecule has 0 atom stereocenters. The number of methoxy groups -OCH3 is 1. The second kappa shape index (κ2) is 5.31. The first-order valence-corrected chi connectivity index (χ1v) is 6.54. The van der Waals surface area contributed by atoms with Crippen molar-refractivity contribution in [2.24, 2.45) is 5.92 Å². The second-order valence-corrected chi connectivity index (χ2v) is 5.12. The molecule has 17 heavy (non-hydrogen) atoms. The summed E-state index contributed by atoms with van der Waals surface area (Å²) in [5.74, 6) is 0.104. The fraction of sp³-hybridized carbons (Fsp3) is 0.500. The Labute approximate surface area is 104 Å². The number of amides is 1. The highest BCUT2D eigenvalue weighted by atomic mass is 32.1. The molecule has 1 heterocycles.